The number of hydrogen-bond donors (Lipinski definition) is 1. The number of ether oxygens (including phenoxy) is 1. The van der Waals surface area contributed by atoms with Gasteiger partial charge in [0.2, 0.25) is 0 Å². The van der Waals surface area contributed by atoms with Crippen LogP contribution < -0.4 is 5.32 Å². The summed E-state index contributed by atoms with van der Waals surface area (Å²) in [6.45, 7) is 2.62. The van der Waals surface area contributed by atoms with Gasteiger partial charge in [-0.3, -0.25) is 0 Å². The predicted octanol–water partition coefficient (Wildman–Crippen LogP) is 1.68. The molecule has 0 aliphatic heterocycles. The van der Waals surface area contributed by atoms with E-state index in [2.05, 4.69) is 12.2 Å². The molecule has 0 heterocycles. The van der Waals surface area contributed by atoms with Gasteiger partial charge in [-0.2, -0.15) is 0 Å². The van der Waals surface area contributed by atoms with Crippen LogP contribution in [0.25, 0.3) is 0 Å². The average molecular weight is 157 g/mol. The molecule has 1 aliphatic carbocycles. The van der Waals surface area contributed by atoms with Gasteiger partial charge in [0, 0.05) is 6.04 Å². The van der Waals surface area contributed by atoms with Crippen molar-refractivity contribution in [2.24, 2.45) is 0 Å². The molecule has 3 heteroatoms. The number of hydrogen-bond acceptors (Lipinski definition) is 2. The lowest BCUT2D eigenvalue weighted by Gasteiger charge is -2.03. The van der Waals surface area contributed by atoms with Crippen molar-refractivity contribution in [2.45, 2.75) is 38.6 Å². The number of nitrogens with one attached hydrogen (secondary N) is 1. The average Bonchev–Trinajstić information content (AvgIpc) is 2.72. The maximum atomic E-state index is 10.8. The summed E-state index contributed by atoms with van der Waals surface area (Å²) in [7, 11) is 0. The largest absolute Gasteiger partial charge is 0.450 e. The lowest BCUT2D eigenvalue weighted by Crippen LogP contribution is -2.26. The Morgan fingerprint density at radius 3 is 2.91 bits per heavy atom. The Hall–Kier alpha value is -0.730. The zero-order chi connectivity index (χ0) is 8.10. The van der Waals surface area contributed by atoms with Gasteiger partial charge >= 0.3 is 6.09 Å². The van der Waals surface area contributed by atoms with Gasteiger partial charge in [0.1, 0.15) is 0 Å². The smallest absolute Gasteiger partial charge is 0.407 e. The van der Waals surface area contributed by atoms with Crippen LogP contribution in [0, 0.1) is 0 Å². The first-order chi connectivity index (χ1) is 5.33. The molecule has 0 atom stereocenters. The van der Waals surface area contributed by atoms with Gasteiger partial charge in [-0.25, -0.2) is 4.79 Å². The third-order valence-corrected chi connectivity index (χ3v) is 1.63. The Kier molecular flexibility index (Phi) is 3.20. The maximum Gasteiger partial charge on any atom is 0.407 e. The molecule has 1 aliphatic rings. The molecule has 0 aromatic heterocycles. The third kappa shape index (κ3) is 3.86. The molecule has 3 nitrogen and oxygen atoms in total. The van der Waals surface area contributed by atoms with Crippen LogP contribution in [0.15, 0.2) is 0 Å². The van der Waals surface area contributed by atoms with Crippen LogP contribution in [0.1, 0.15) is 32.6 Å². The molecule has 1 amide bonds. The fraction of sp³-hybridized carbons (Fsp3) is 0.875. The van der Waals surface area contributed by atoms with Crippen molar-refractivity contribution in [3.05, 3.63) is 0 Å². The second-order valence-electron chi connectivity index (χ2n) is 2.91. The molecular weight excluding hydrogens is 142 g/mol. The highest BCUT2D eigenvalue weighted by atomic mass is 16.5. The number of unbranched alkanes of at least 4 members (excludes halogenated alkanes) is 1. The molecule has 0 spiro atoms. The highest BCUT2D eigenvalue weighted by molar-refractivity contribution is 5.67. The van der Waals surface area contributed by atoms with Crippen molar-refractivity contribution in [1.82, 2.24) is 5.32 Å². The van der Waals surface area contributed by atoms with E-state index in [1.165, 1.54) is 0 Å². The normalized spacial score (nSPS) is 16.1. The van der Waals surface area contributed by atoms with Gasteiger partial charge in [0.05, 0.1) is 6.61 Å². The summed E-state index contributed by atoms with van der Waals surface area (Å²) < 4.78 is 4.88. The minimum absolute atomic E-state index is 0.249. The van der Waals surface area contributed by atoms with Crippen LogP contribution >= 0.6 is 0 Å². The van der Waals surface area contributed by atoms with Crippen LogP contribution in [0.2, 0.25) is 0 Å². The number of rotatable bonds is 4. The summed E-state index contributed by atoms with van der Waals surface area (Å²) in [6.07, 6.45) is 4.00. The zero-order valence-electron chi connectivity index (χ0n) is 6.93. The lowest BCUT2D eigenvalue weighted by molar-refractivity contribution is 0.144. The Bertz CT molecular complexity index is 132. The number of carbonyl (C=O) groups excluding carboxylic acids is 1. The molecule has 1 N–H and O–H groups in total. The van der Waals surface area contributed by atoms with Crippen molar-refractivity contribution in [3.8, 4) is 0 Å². The van der Waals surface area contributed by atoms with E-state index in [1.54, 1.807) is 0 Å². The van der Waals surface area contributed by atoms with Crippen LogP contribution in [0.3, 0.4) is 0 Å². The predicted molar refractivity (Wildman–Crippen MR) is 42.4 cm³/mol. The van der Waals surface area contributed by atoms with Crippen LogP contribution in [-0.4, -0.2) is 18.7 Å². The minimum atomic E-state index is -0.249. The third-order valence-electron chi connectivity index (χ3n) is 1.63. The van der Waals surface area contributed by atoms with Gasteiger partial charge in [0.15, 0.2) is 0 Å². The van der Waals surface area contributed by atoms with E-state index < -0.39 is 0 Å². The number of carbonyl (C=O) groups is 1. The molecule has 0 aromatic rings. The molecule has 1 fully saturated rings. The Balaban J connectivity index is 1.92. The fourth-order valence-electron chi connectivity index (χ4n) is 0.745. The van der Waals surface area contributed by atoms with E-state index in [1.807, 2.05) is 0 Å². The highest BCUT2D eigenvalue weighted by Crippen LogP contribution is 2.18. The van der Waals surface area contributed by atoms with Crippen molar-refractivity contribution in [2.75, 3.05) is 6.61 Å². The summed E-state index contributed by atoms with van der Waals surface area (Å²) in [5.41, 5.74) is 0. The number of alkyl carbamates (subject to hydrolysis) is 1. The molecule has 1 saturated carbocycles. The molecule has 0 saturated heterocycles. The monoisotopic (exact) mass is 157 g/mol. The molecule has 1 rings (SSSR count). The second kappa shape index (κ2) is 4.21. The molecule has 0 aromatic carbocycles. The molecular formula is C8H15NO2. The first-order valence-electron chi connectivity index (χ1n) is 4.26. The van der Waals surface area contributed by atoms with Crippen LogP contribution in [-0.2, 0) is 4.74 Å². The first kappa shape index (κ1) is 8.37. The standard InChI is InChI=1S/C8H15NO2/c1-2-3-6-11-8(10)9-7-4-5-7/h7H,2-6H2,1H3,(H,9,10). The summed E-state index contributed by atoms with van der Waals surface area (Å²) in [4.78, 5) is 10.8. The lowest BCUT2D eigenvalue weighted by atomic mass is 10.4. The van der Waals surface area contributed by atoms with Crippen molar-refractivity contribution >= 4 is 6.09 Å². The van der Waals surface area contributed by atoms with Gasteiger partial charge in [0.25, 0.3) is 0 Å². The number of amides is 1. The van der Waals surface area contributed by atoms with E-state index in [0.717, 1.165) is 25.7 Å². The van der Waals surface area contributed by atoms with E-state index in [9.17, 15) is 4.79 Å². The van der Waals surface area contributed by atoms with E-state index in [-0.39, 0.29) is 6.09 Å². The quantitative estimate of drug-likeness (QED) is 0.630. The fourth-order valence-corrected chi connectivity index (χ4v) is 0.745. The Morgan fingerprint density at radius 2 is 2.36 bits per heavy atom. The van der Waals surface area contributed by atoms with Gasteiger partial charge < -0.3 is 10.1 Å². The van der Waals surface area contributed by atoms with E-state index >= 15 is 0 Å². The van der Waals surface area contributed by atoms with Gasteiger partial charge in [-0.1, -0.05) is 13.3 Å². The SMILES string of the molecule is CCCCOC(=O)NC1CC1. The molecule has 11 heavy (non-hydrogen) atoms. The summed E-state index contributed by atoms with van der Waals surface area (Å²) in [5.74, 6) is 0. The zero-order valence-corrected chi connectivity index (χ0v) is 6.93. The summed E-state index contributed by atoms with van der Waals surface area (Å²) in [5, 5.41) is 2.75. The summed E-state index contributed by atoms with van der Waals surface area (Å²) >= 11 is 0. The van der Waals surface area contributed by atoms with E-state index in [4.69, 9.17) is 4.74 Å². The van der Waals surface area contributed by atoms with Crippen molar-refractivity contribution < 1.29 is 9.53 Å². The summed E-state index contributed by atoms with van der Waals surface area (Å²) in [6, 6.07) is 0.407. The maximum absolute atomic E-state index is 10.8. The van der Waals surface area contributed by atoms with Crippen molar-refractivity contribution in [3.63, 3.8) is 0 Å². The molecule has 0 bridgehead atoms. The molecule has 64 valence electrons. The first-order valence-corrected chi connectivity index (χ1v) is 4.26. The van der Waals surface area contributed by atoms with Gasteiger partial charge in [-0.15, -0.1) is 0 Å². The minimum Gasteiger partial charge on any atom is -0.450 e. The highest BCUT2D eigenvalue weighted by Gasteiger charge is 2.23. The molecule has 0 radical (unpaired) electrons. The van der Waals surface area contributed by atoms with E-state index in [0.29, 0.717) is 12.6 Å². The Morgan fingerprint density at radius 1 is 1.64 bits per heavy atom. The van der Waals surface area contributed by atoms with Crippen LogP contribution in [0.5, 0.6) is 0 Å². The van der Waals surface area contributed by atoms with Gasteiger partial charge in [-0.05, 0) is 19.3 Å². The second-order valence-corrected chi connectivity index (χ2v) is 2.91. The topological polar surface area (TPSA) is 38.3 Å². The Labute approximate surface area is 67.1 Å². The van der Waals surface area contributed by atoms with Crippen molar-refractivity contribution in [1.29, 1.82) is 0 Å². The van der Waals surface area contributed by atoms with Crippen LogP contribution in [0.4, 0.5) is 4.79 Å². The molecule has 0 unspecified atom stereocenters.